The molecule has 0 atom stereocenters. The van der Waals surface area contributed by atoms with Gasteiger partial charge in [0, 0.05) is 5.69 Å². The number of hydrogen-bond donors (Lipinski definition) is 2. The molecule has 3 N–H and O–H groups in total. The van der Waals surface area contributed by atoms with Gasteiger partial charge in [0.1, 0.15) is 5.75 Å². The molecule has 0 fully saturated rings. The SMILES string of the molecule is CCOc1nc(N)nc(Nc2ccc(OC)cc2C)n1. The molecule has 1 aromatic heterocycles. The zero-order chi connectivity index (χ0) is 14.5. The monoisotopic (exact) mass is 275 g/mol. The number of nitrogens with one attached hydrogen (secondary N) is 1. The molecule has 1 aromatic carbocycles. The van der Waals surface area contributed by atoms with Crippen LogP contribution >= 0.6 is 0 Å². The Kier molecular flexibility index (Phi) is 4.19. The number of aryl methyl sites for hydroxylation is 1. The molecule has 0 spiro atoms. The standard InChI is InChI=1S/C13H17N5O2/c1-4-20-13-17-11(14)16-12(18-13)15-10-6-5-9(19-3)7-8(10)2/h5-7H,4H2,1-3H3,(H3,14,15,16,17,18). The summed E-state index contributed by atoms with van der Waals surface area (Å²) in [5, 5.41) is 3.09. The van der Waals surface area contributed by atoms with Gasteiger partial charge in [-0.25, -0.2) is 0 Å². The van der Waals surface area contributed by atoms with Crippen molar-refractivity contribution in [1.29, 1.82) is 0 Å². The van der Waals surface area contributed by atoms with E-state index in [0.717, 1.165) is 17.0 Å². The van der Waals surface area contributed by atoms with Crippen LogP contribution in [0.2, 0.25) is 0 Å². The van der Waals surface area contributed by atoms with Gasteiger partial charge in [-0.1, -0.05) is 0 Å². The van der Waals surface area contributed by atoms with Gasteiger partial charge in [0.15, 0.2) is 0 Å². The Morgan fingerprint density at radius 1 is 1.25 bits per heavy atom. The van der Waals surface area contributed by atoms with Crippen LogP contribution in [0.5, 0.6) is 11.8 Å². The fraction of sp³-hybridized carbons (Fsp3) is 0.308. The Labute approximate surface area is 117 Å². The Bertz CT molecular complexity index is 603. The number of methoxy groups -OCH3 is 1. The fourth-order valence-electron chi connectivity index (χ4n) is 1.65. The minimum atomic E-state index is 0.108. The second kappa shape index (κ2) is 6.05. The van der Waals surface area contributed by atoms with Crippen molar-refractivity contribution < 1.29 is 9.47 Å². The summed E-state index contributed by atoms with van der Waals surface area (Å²) in [6.07, 6.45) is 0. The number of benzene rings is 1. The normalized spacial score (nSPS) is 10.2. The van der Waals surface area contributed by atoms with Gasteiger partial charge in [-0.2, -0.15) is 15.0 Å². The Morgan fingerprint density at radius 2 is 2.05 bits per heavy atom. The Morgan fingerprint density at radius 3 is 2.70 bits per heavy atom. The quantitative estimate of drug-likeness (QED) is 0.860. The summed E-state index contributed by atoms with van der Waals surface area (Å²) in [5.74, 6) is 1.24. The zero-order valence-electron chi connectivity index (χ0n) is 11.7. The zero-order valence-corrected chi connectivity index (χ0v) is 11.7. The van der Waals surface area contributed by atoms with Crippen molar-refractivity contribution in [2.24, 2.45) is 0 Å². The van der Waals surface area contributed by atoms with Crippen LogP contribution in [-0.4, -0.2) is 28.7 Å². The van der Waals surface area contributed by atoms with Crippen LogP contribution in [0.25, 0.3) is 0 Å². The van der Waals surface area contributed by atoms with Crippen molar-refractivity contribution in [1.82, 2.24) is 15.0 Å². The lowest BCUT2D eigenvalue weighted by atomic mass is 10.2. The van der Waals surface area contributed by atoms with E-state index in [1.165, 1.54) is 0 Å². The highest BCUT2D eigenvalue weighted by Gasteiger charge is 2.07. The fourth-order valence-corrected chi connectivity index (χ4v) is 1.65. The van der Waals surface area contributed by atoms with Crippen LogP contribution in [0, 0.1) is 6.92 Å². The summed E-state index contributed by atoms with van der Waals surface area (Å²) >= 11 is 0. The van der Waals surface area contributed by atoms with E-state index in [4.69, 9.17) is 15.2 Å². The van der Waals surface area contributed by atoms with Gasteiger partial charge in [-0.3, -0.25) is 0 Å². The number of rotatable bonds is 5. The van der Waals surface area contributed by atoms with Crippen LogP contribution in [-0.2, 0) is 0 Å². The number of anilines is 3. The number of hydrogen-bond acceptors (Lipinski definition) is 7. The molecule has 0 aliphatic carbocycles. The maximum atomic E-state index is 5.62. The summed E-state index contributed by atoms with van der Waals surface area (Å²) in [7, 11) is 1.63. The second-order valence-corrected chi connectivity index (χ2v) is 4.04. The molecule has 0 radical (unpaired) electrons. The maximum Gasteiger partial charge on any atom is 0.323 e. The molecule has 20 heavy (non-hydrogen) atoms. The van der Waals surface area contributed by atoms with Gasteiger partial charge in [-0.15, -0.1) is 0 Å². The van der Waals surface area contributed by atoms with Gasteiger partial charge in [-0.05, 0) is 37.6 Å². The third-order valence-corrected chi connectivity index (χ3v) is 2.59. The van der Waals surface area contributed by atoms with Gasteiger partial charge >= 0.3 is 6.01 Å². The first-order valence-corrected chi connectivity index (χ1v) is 6.18. The van der Waals surface area contributed by atoms with Crippen LogP contribution in [0.3, 0.4) is 0 Å². The first kappa shape index (κ1) is 13.9. The molecular formula is C13H17N5O2. The van der Waals surface area contributed by atoms with Crippen molar-refractivity contribution >= 4 is 17.6 Å². The van der Waals surface area contributed by atoms with Crippen LogP contribution < -0.4 is 20.5 Å². The molecule has 7 nitrogen and oxygen atoms in total. The molecule has 0 aliphatic rings. The topological polar surface area (TPSA) is 95.2 Å². The average Bonchev–Trinajstić information content (AvgIpc) is 2.41. The molecule has 0 amide bonds. The van der Waals surface area contributed by atoms with Crippen molar-refractivity contribution in [2.45, 2.75) is 13.8 Å². The lowest BCUT2D eigenvalue weighted by Crippen LogP contribution is -2.07. The minimum absolute atomic E-state index is 0.108. The molecule has 2 rings (SSSR count). The Hall–Kier alpha value is -2.57. The van der Waals surface area contributed by atoms with E-state index in [1.807, 2.05) is 32.0 Å². The molecule has 0 saturated heterocycles. The summed E-state index contributed by atoms with van der Waals surface area (Å²) in [5.41, 5.74) is 7.49. The number of nitrogens with zero attached hydrogens (tertiary/aromatic N) is 3. The molecule has 7 heteroatoms. The molecule has 0 saturated carbocycles. The largest absolute Gasteiger partial charge is 0.497 e. The van der Waals surface area contributed by atoms with Crippen LogP contribution in [0.15, 0.2) is 18.2 Å². The summed E-state index contributed by atoms with van der Waals surface area (Å²) < 4.78 is 10.4. The Balaban J connectivity index is 2.25. The molecule has 1 heterocycles. The first-order valence-electron chi connectivity index (χ1n) is 6.18. The molecule has 0 bridgehead atoms. The van der Waals surface area contributed by atoms with E-state index >= 15 is 0 Å². The average molecular weight is 275 g/mol. The van der Waals surface area contributed by atoms with Crippen molar-refractivity contribution in [3.05, 3.63) is 23.8 Å². The van der Waals surface area contributed by atoms with Crippen LogP contribution in [0.4, 0.5) is 17.6 Å². The molecule has 2 aromatic rings. The highest BCUT2D eigenvalue weighted by molar-refractivity contribution is 5.60. The van der Waals surface area contributed by atoms with Crippen molar-refractivity contribution in [2.75, 3.05) is 24.8 Å². The maximum absolute atomic E-state index is 5.62. The lowest BCUT2D eigenvalue weighted by molar-refractivity contribution is 0.312. The minimum Gasteiger partial charge on any atom is -0.497 e. The molecular weight excluding hydrogens is 258 g/mol. The number of ether oxygens (including phenoxy) is 2. The predicted molar refractivity (Wildman–Crippen MR) is 76.4 cm³/mol. The third-order valence-electron chi connectivity index (χ3n) is 2.59. The molecule has 0 aliphatic heterocycles. The summed E-state index contributed by atoms with van der Waals surface area (Å²) in [4.78, 5) is 12.1. The van der Waals surface area contributed by atoms with Gasteiger partial charge in [0.25, 0.3) is 0 Å². The van der Waals surface area contributed by atoms with Gasteiger partial charge in [0.05, 0.1) is 13.7 Å². The summed E-state index contributed by atoms with van der Waals surface area (Å²) in [6.45, 7) is 4.27. The van der Waals surface area contributed by atoms with E-state index in [1.54, 1.807) is 7.11 Å². The van der Waals surface area contributed by atoms with E-state index in [9.17, 15) is 0 Å². The highest BCUT2D eigenvalue weighted by Crippen LogP contribution is 2.23. The van der Waals surface area contributed by atoms with E-state index in [-0.39, 0.29) is 12.0 Å². The first-order chi connectivity index (χ1) is 9.62. The molecule has 0 unspecified atom stereocenters. The predicted octanol–water partition coefficient (Wildman–Crippen LogP) is 1.91. The smallest absolute Gasteiger partial charge is 0.323 e. The van der Waals surface area contributed by atoms with E-state index in [2.05, 4.69) is 20.3 Å². The number of nitrogens with two attached hydrogens (primary N) is 1. The number of nitrogen functional groups attached to an aromatic ring is 1. The molecule has 106 valence electrons. The highest BCUT2D eigenvalue weighted by atomic mass is 16.5. The van der Waals surface area contributed by atoms with E-state index in [0.29, 0.717) is 12.6 Å². The van der Waals surface area contributed by atoms with Gasteiger partial charge in [0.2, 0.25) is 11.9 Å². The number of aromatic nitrogens is 3. The van der Waals surface area contributed by atoms with Gasteiger partial charge < -0.3 is 20.5 Å². The summed E-state index contributed by atoms with van der Waals surface area (Å²) in [6, 6.07) is 5.85. The van der Waals surface area contributed by atoms with E-state index < -0.39 is 0 Å². The van der Waals surface area contributed by atoms with Crippen molar-refractivity contribution in [3.63, 3.8) is 0 Å². The lowest BCUT2D eigenvalue weighted by Gasteiger charge is -2.10. The van der Waals surface area contributed by atoms with Crippen LogP contribution in [0.1, 0.15) is 12.5 Å². The van der Waals surface area contributed by atoms with Crippen molar-refractivity contribution in [3.8, 4) is 11.8 Å². The second-order valence-electron chi connectivity index (χ2n) is 4.04. The third kappa shape index (κ3) is 3.25.